The van der Waals surface area contributed by atoms with Crippen molar-refractivity contribution in [2.45, 2.75) is 31.0 Å². The van der Waals surface area contributed by atoms with Gasteiger partial charge in [-0.05, 0) is 27.7 Å². The average molecular weight is 349 g/mol. The van der Waals surface area contributed by atoms with Crippen LogP contribution in [0.2, 0.25) is 0 Å². The Hall–Kier alpha value is -0.0300. The molecule has 0 aromatic rings. The van der Waals surface area contributed by atoms with Crippen molar-refractivity contribution in [3.63, 3.8) is 0 Å². The second-order valence-electron chi connectivity index (χ2n) is 3.32. The van der Waals surface area contributed by atoms with E-state index >= 15 is 0 Å². The number of aliphatic imine (C=N–C) groups is 1. The Morgan fingerprint density at radius 1 is 1.31 bits per heavy atom. The molecule has 0 saturated heterocycles. The Labute approximate surface area is 117 Å². The van der Waals surface area contributed by atoms with Crippen LogP contribution >= 0.6 is 34.4 Å². The number of allylic oxidation sites excluding steroid dienone is 5. The number of hydrogen-bond donors (Lipinski definition) is 0. The van der Waals surface area contributed by atoms with Crippen LogP contribution in [-0.4, -0.2) is 15.2 Å². The SMILES string of the molecule is C/C=C(C)\C=C/C(I)SC/C=N\C(C)=C/C. The van der Waals surface area contributed by atoms with Crippen molar-refractivity contribution >= 4 is 40.6 Å². The Morgan fingerprint density at radius 3 is 2.56 bits per heavy atom. The molecule has 0 N–H and O–H groups in total. The van der Waals surface area contributed by atoms with Gasteiger partial charge in [0, 0.05) is 17.7 Å². The minimum atomic E-state index is 0.505. The first-order chi connectivity index (χ1) is 7.60. The van der Waals surface area contributed by atoms with E-state index in [0.29, 0.717) is 3.26 Å². The van der Waals surface area contributed by atoms with Gasteiger partial charge in [0.2, 0.25) is 0 Å². The molecule has 0 aliphatic rings. The van der Waals surface area contributed by atoms with Crippen molar-refractivity contribution in [3.05, 3.63) is 35.6 Å². The molecule has 0 rings (SSSR count). The first kappa shape index (κ1) is 16.0. The van der Waals surface area contributed by atoms with Crippen molar-refractivity contribution in [2.24, 2.45) is 4.99 Å². The Balaban J connectivity index is 3.87. The third kappa shape index (κ3) is 9.21. The lowest BCUT2D eigenvalue weighted by Gasteiger charge is -2.01. The van der Waals surface area contributed by atoms with Crippen molar-refractivity contribution in [1.82, 2.24) is 0 Å². The third-order valence-corrected chi connectivity index (χ3v) is 4.32. The van der Waals surface area contributed by atoms with Crippen LogP contribution in [0.1, 0.15) is 27.7 Å². The van der Waals surface area contributed by atoms with Gasteiger partial charge in [-0.25, -0.2) is 0 Å². The fourth-order valence-corrected chi connectivity index (χ4v) is 2.13. The van der Waals surface area contributed by atoms with Crippen LogP contribution in [0.25, 0.3) is 0 Å². The van der Waals surface area contributed by atoms with E-state index in [0.717, 1.165) is 11.4 Å². The predicted octanol–water partition coefficient (Wildman–Crippen LogP) is 5.00. The van der Waals surface area contributed by atoms with Crippen LogP contribution in [0.15, 0.2) is 40.6 Å². The van der Waals surface area contributed by atoms with Gasteiger partial charge in [-0.1, -0.05) is 52.5 Å². The van der Waals surface area contributed by atoms with E-state index in [1.54, 1.807) is 0 Å². The first-order valence-electron chi connectivity index (χ1n) is 5.32. The number of thioether (sulfide) groups is 1. The maximum atomic E-state index is 4.30. The second kappa shape index (κ2) is 10.1. The van der Waals surface area contributed by atoms with Gasteiger partial charge in [0.25, 0.3) is 0 Å². The maximum Gasteiger partial charge on any atom is 0.0750 e. The zero-order valence-electron chi connectivity index (χ0n) is 10.4. The summed E-state index contributed by atoms with van der Waals surface area (Å²) in [5.41, 5.74) is 2.38. The predicted molar refractivity (Wildman–Crippen MR) is 86.8 cm³/mol. The van der Waals surface area contributed by atoms with E-state index in [1.807, 2.05) is 37.9 Å². The summed E-state index contributed by atoms with van der Waals surface area (Å²) in [4.78, 5) is 4.30. The molecule has 0 radical (unpaired) electrons. The summed E-state index contributed by atoms with van der Waals surface area (Å²) in [6.07, 6.45) is 10.5. The van der Waals surface area contributed by atoms with Crippen LogP contribution in [0.4, 0.5) is 0 Å². The number of rotatable bonds is 6. The molecule has 0 heterocycles. The largest absolute Gasteiger partial charge is 0.265 e. The molecule has 0 fully saturated rings. The standard InChI is InChI=1S/C13H20INS/c1-5-11(3)7-8-13(14)16-10-9-15-12(4)6-2/h5-9,13H,10H2,1-4H3/b8-7-,11-5-,12-6-,15-9-. The monoisotopic (exact) mass is 349 g/mol. The third-order valence-electron chi connectivity index (χ3n) is 2.01. The van der Waals surface area contributed by atoms with Gasteiger partial charge in [-0.2, -0.15) is 0 Å². The zero-order valence-corrected chi connectivity index (χ0v) is 13.4. The molecule has 0 saturated carbocycles. The van der Waals surface area contributed by atoms with E-state index in [2.05, 4.69) is 59.7 Å². The molecule has 0 amide bonds. The maximum absolute atomic E-state index is 4.30. The number of nitrogens with zero attached hydrogens (tertiary/aromatic N) is 1. The highest BCUT2D eigenvalue weighted by molar-refractivity contribution is 14.1. The van der Waals surface area contributed by atoms with Gasteiger partial charge in [0.05, 0.1) is 3.26 Å². The van der Waals surface area contributed by atoms with E-state index in [4.69, 9.17) is 0 Å². The van der Waals surface area contributed by atoms with Gasteiger partial charge in [-0.3, -0.25) is 4.99 Å². The molecule has 90 valence electrons. The summed E-state index contributed by atoms with van der Waals surface area (Å²) >= 11 is 4.31. The molecule has 0 aromatic heterocycles. The smallest absolute Gasteiger partial charge is 0.0750 e. The first-order valence-corrected chi connectivity index (χ1v) is 7.61. The molecule has 1 atom stereocenters. The fraction of sp³-hybridized carbons (Fsp3) is 0.462. The zero-order chi connectivity index (χ0) is 12.4. The fourth-order valence-electron chi connectivity index (χ4n) is 0.770. The summed E-state index contributed by atoms with van der Waals surface area (Å²) in [6.45, 7) is 8.18. The van der Waals surface area contributed by atoms with E-state index in [-0.39, 0.29) is 0 Å². The highest BCUT2D eigenvalue weighted by Gasteiger charge is 1.96. The lowest BCUT2D eigenvalue weighted by atomic mass is 10.3. The summed E-state index contributed by atoms with van der Waals surface area (Å²) in [5, 5.41) is 0. The number of halogens is 1. The highest BCUT2D eigenvalue weighted by Crippen LogP contribution is 2.19. The van der Waals surface area contributed by atoms with Crippen LogP contribution in [0.5, 0.6) is 0 Å². The van der Waals surface area contributed by atoms with Crippen molar-refractivity contribution in [1.29, 1.82) is 0 Å². The van der Waals surface area contributed by atoms with E-state index in [1.165, 1.54) is 5.57 Å². The number of hydrogen-bond acceptors (Lipinski definition) is 2. The molecule has 0 spiro atoms. The molecular formula is C13H20INS. The lowest BCUT2D eigenvalue weighted by Crippen LogP contribution is -1.89. The Kier molecular flexibility index (Phi) is 10.1. The van der Waals surface area contributed by atoms with E-state index in [9.17, 15) is 0 Å². The molecule has 0 aromatic carbocycles. The Bertz CT molecular complexity index is 303. The van der Waals surface area contributed by atoms with Crippen molar-refractivity contribution in [2.75, 3.05) is 5.75 Å². The summed E-state index contributed by atoms with van der Waals surface area (Å²) in [6, 6.07) is 0. The molecule has 3 heteroatoms. The van der Waals surface area contributed by atoms with E-state index < -0.39 is 0 Å². The molecule has 0 aliphatic carbocycles. The van der Waals surface area contributed by atoms with Crippen molar-refractivity contribution in [3.8, 4) is 0 Å². The lowest BCUT2D eigenvalue weighted by molar-refractivity contribution is 1.29. The molecule has 0 aliphatic heterocycles. The van der Waals surface area contributed by atoms with Gasteiger partial charge in [0.1, 0.15) is 0 Å². The van der Waals surface area contributed by atoms with Crippen LogP contribution < -0.4 is 0 Å². The van der Waals surface area contributed by atoms with Crippen LogP contribution in [0, 0.1) is 0 Å². The van der Waals surface area contributed by atoms with Crippen LogP contribution in [-0.2, 0) is 0 Å². The quantitative estimate of drug-likeness (QED) is 0.285. The topological polar surface area (TPSA) is 12.4 Å². The average Bonchev–Trinajstić information content (AvgIpc) is 2.31. The van der Waals surface area contributed by atoms with Crippen molar-refractivity contribution < 1.29 is 0 Å². The van der Waals surface area contributed by atoms with Gasteiger partial charge in [0.15, 0.2) is 0 Å². The minimum Gasteiger partial charge on any atom is -0.265 e. The Morgan fingerprint density at radius 2 is 2.00 bits per heavy atom. The summed E-state index contributed by atoms with van der Waals surface area (Å²) in [7, 11) is 0. The highest BCUT2D eigenvalue weighted by atomic mass is 127. The summed E-state index contributed by atoms with van der Waals surface area (Å²) in [5.74, 6) is 0.956. The molecule has 16 heavy (non-hydrogen) atoms. The molecular weight excluding hydrogens is 329 g/mol. The summed E-state index contributed by atoms with van der Waals surface area (Å²) < 4.78 is 0.505. The van der Waals surface area contributed by atoms with Gasteiger partial charge >= 0.3 is 0 Å². The molecule has 1 nitrogen and oxygen atoms in total. The van der Waals surface area contributed by atoms with Gasteiger partial charge in [-0.15, -0.1) is 11.8 Å². The second-order valence-corrected chi connectivity index (χ2v) is 6.68. The van der Waals surface area contributed by atoms with Gasteiger partial charge < -0.3 is 0 Å². The van der Waals surface area contributed by atoms with Crippen LogP contribution in [0.3, 0.4) is 0 Å². The molecule has 0 bridgehead atoms. The number of alkyl halides is 1. The minimum absolute atomic E-state index is 0.505. The molecule has 1 unspecified atom stereocenters. The normalized spacial score (nSPS) is 16.3.